The molecule has 0 atom stereocenters. The lowest BCUT2D eigenvalue weighted by molar-refractivity contribution is 0.0693. The number of aromatic carboxylic acids is 1. The summed E-state index contributed by atoms with van der Waals surface area (Å²) >= 11 is 0. The Morgan fingerprint density at radius 2 is 1.88 bits per heavy atom. The molecule has 5 heteroatoms. The van der Waals surface area contributed by atoms with Crippen LogP contribution in [0, 0.1) is 13.8 Å². The Bertz CT molecular complexity index is 379. The third kappa shape index (κ3) is 2.92. The second-order valence-electron chi connectivity index (χ2n) is 3.44. The smallest absolute Gasteiger partial charge is 0.336 e. The van der Waals surface area contributed by atoms with E-state index in [1.165, 1.54) is 12.1 Å². The van der Waals surface area contributed by atoms with E-state index in [2.05, 4.69) is 0 Å². The minimum Gasteiger partial charge on any atom is -0.488 e. The summed E-state index contributed by atoms with van der Waals surface area (Å²) < 4.78 is 28.6. The number of alkyl halides is 2. The number of rotatable bonds is 4. The molecule has 0 bridgehead atoms. The largest absolute Gasteiger partial charge is 0.488 e. The van der Waals surface area contributed by atoms with E-state index in [-0.39, 0.29) is 11.3 Å². The number of hydrogen-bond donors (Lipinski definition) is 1. The highest BCUT2D eigenvalue weighted by molar-refractivity contribution is 5.91. The summed E-state index contributed by atoms with van der Waals surface area (Å²) in [6.07, 6.45) is -2.54. The van der Waals surface area contributed by atoms with E-state index in [0.717, 1.165) is 0 Å². The highest BCUT2D eigenvalue weighted by Gasteiger charge is 2.13. The van der Waals surface area contributed by atoms with E-state index in [0.29, 0.717) is 11.1 Å². The fourth-order valence-corrected chi connectivity index (χ4v) is 1.50. The Labute approximate surface area is 91.7 Å². The van der Waals surface area contributed by atoms with Crippen molar-refractivity contribution in [2.75, 3.05) is 6.61 Å². The first-order valence-corrected chi connectivity index (χ1v) is 4.67. The molecule has 88 valence electrons. The Balaban J connectivity index is 2.96. The van der Waals surface area contributed by atoms with Crippen LogP contribution >= 0.6 is 0 Å². The standard InChI is InChI=1S/C11H12F2O3/c1-6-3-8(16-5-9(12)13)4-7(2)10(6)11(14)15/h3-4,9H,5H2,1-2H3,(H,14,15). The van der Waals surface area contributed by atoms with Crippen LogP contribution in [0.5, 0.6) is 5.75 Å². The van der Waals surface area contributed by atoms with Crippen LogP contribution in [0.15, 0.2) is 12.1 Å². The molecule has 0 saturated carbocycles. The predicted molar refractivity (Wildman–Crippen MR) is 54.4 cm³/mol. The molecule has 3 nitrogen and oxygen atoms in total. The second-order valence-corrected chi connectivity index (χ2v) is 3.44. The molecule has 0 aromatic heterocycles. The van der Waals surface area contributed by atoms with Crippen LogP contribution in [-0.2, 0) is 0 Å². The predicted octanol–water partition coefficient (Wildman–Crippen LogP) is 2.65. The zero-order valence-corrected chi connectivity index (χ0v) is 8.96. The Kier molecular flexibility index (Phi) is 3.82. The normalized spacial score (nSPS) is 10.6. The molecule has 1 aromatic rings. The van der Waals surface area contributed by atoms with E-state index < -0.39 is 19.0 Å². The molecule has 16 heavy (non-hydrogen) atoms. The summed E-state index contributed by atoms with van der Waals surface area (Å²) in [4.78, 5) is 10.9. The third-order valence-electron chi connectivity index (χ3n) is 2.10. The van der Waals surface area contributed by atoms with Gasteiger partial charge in [-0.3, -0.25) is 0 Å². The van der Waals surface area contributed by atoms with Gasteiger partial charge in [0.05, 0.1) is 5.56 Å². The summed E-state index contributed by atoms with van der Waals surface area (Å²) in [5.74, 6) is -0.768. The quantitative estimate of drug-likeness (QED) is 0.864. The van der Waals surface area contributed by atoms with Crippen LogP contribution in [0.1, 0.15) is 21.5 Å². The lowest BCUT2D eigenvalue weighted by Crippen LogP contribution is -2.09. The lowest BCUT2D eigenvalue weighted by atomic mass is 10.0. The second kappa shape index (κ2) is 4.92. The van der Waals surface area contributed by atoms with Crippen LogP contribution in [0.4, 0.5) is 8.78 Å². The van der Waals surface area contributed by atoms with Crippen molar-refractivity contribution in [3.05, 3.63) is 28.8 Å². The summed E-state index contributed by atoms with van der Waals surface area (Å²) in [6.45, 7) is 2.52. The summed E-state index contributed by atoms with van der Waals surface area (Å²) in [7, 11) is 0. The van der Waals surface area contributed by atoms with E-state index in [4.69, 9.17) is 9.84 Å². The Hall–Kier alpha value is -1.65. The topological polar surface area (TPSA) is 46.5 Å². The van der Waals surface area contributed by atoms with Gasteiger partial charge in [0.15, 0.2) is 0 Å². The van der Waals surface area contributed by atoms with Gasteiger partial charge in [0, 0.05) is 0 Å². The summed E-state index contributed by atoms with van der Waals surface area (Å²) in [6, 6.07) is 2.89. The number of benzene rings is 1. The highest BCUT2D eigenvalue weighted by Crippen LogP contribution is 2.22. The molecule has 1 aromatic carbocycles. The van der Waals surface area contributed by atoms with Crippen molar-refractivity contribution >= 4 is 5.97 Å². The monoisotopic (exact) mass is 230 g/mol. The zero-order valence-electron chi connectivity index (χ0n) is 8.96. The van der Waals surface area contributed by atoms with Crippen molar-refractivity contribution in [3.63, 3.8) is 0 Å². The van der Waals surface area contributed by atoms with Crippen LogP contribution < -0.4 is 4.74 Å². The number of carbonyl (C=O) groups is 1. The molecule has 0 saturated heterocycles. The van der Waals surface area contributed by atoms with Gasteiger partial charge in [-0.05, 0) is 37.1 Å². The number of carboxylic acid groups (broad SMARTS) is 1. The van der Waals surface area contributed by atoms with Crippen LogP contribution in [0.3, 0.4) is 0 Å². The van der Waals surface area contributed by atoms with Crippen molar-refractivity contribution in [2.45, 2.75) is 20.3 Å². The van der Waals surface area contributed by atoms with Gasteiger partial charge in [-0.15, -0.1) is 0 Å². The number of aryl methyl sites for hydroxylation is 2. The summed E-state index contributed by atoms with van der Waals surface area (Å²) in [5, 5.41) is 8.89. The number of hydrogen-bond acceptors (Lipinski definition) is 2. The maximum Gasteiger partial charge on any atom is 0.336 e. The first-order chi connectivity index (χ1) is 7.41. The summed E-state index contributed by atoms with van der Waals surface area (Å²) in [5.41, 5.74) is 1.18. The van der Waals surface area contributed by atoms with Crippen LogP contribution in [0.2, 0.25) is 0 Å². The van der Waals surface area contributed by atoms with Crippen molar-refractivity contribution in [1.82, 2.24) is 0 Å². The molecule has 0 unspecified atom stereocenters. The van der Waals surface area contributed by atoms with Gasteiger partial charge >= 0.3 is 5.97 Å². The highest BCUT2D eigenvalue weighted by atomic mass is 19.3. The van der Waals surface area contributed by atoms with Crippen LogP contribution in [0.25, 0.3) is 0 Å². The molecule has 0 fully saturated rings. The fraction of sp³-hybridized carbons (Fsp3) is 0.364. The molecule has 0 spiro atoms. The van der Waals surface area contributed by atoms with E-state index in [1.54, 1.807) is 13.8 Å². The number of halogens is 2. The maximum atomic E-state index is 11.9. The molecular weight excluding hydrogens is 218 g/mol. The minimum atomic E-state index is -2.54. The van der Waals surface area contributed by atoms with Crippen molar-refractivity contribution in [3.8, 4) is 5.75 Å². The van der Waals surface area contributed by atoms with Gasteiger partial charge in [-0.25, -0.2) is 13.6 Å². The van der Waals surface area contributed by atoms with Gasteiger partial charge in [-0.1, -0.05) is 0 Å². The fourth-order valence-electron chi connectivity index (χ4n) is 1.50. The van der Waals surface area contributed by atoms with E-state index >= 15 is 0 Å². The van der Waals surface area contributed by atoms with Crippen LogP contribution in [-0.4, -0.2) is 24.1 Å². The molecule has 0 amide bonds. The van der Waals surface area contributed by atoms with E-state index in [1.807, 2.05) is 0 Å². The number of carboxylic acids is 1. The zero-order chi connectivity index (χ0) is 12.3. The van der Waals surface area contributed by atoms with Gasteiger partial charge in [-0.2, -0.15) is 0 Å². The molecule has 0 aliphatic rings. The third-order valence-corrected chi connectivity index (χ3v) is 2.10. The van der Waals surface area contributed by atoms with Gasteiger partial charge in [0.25, 0.3) is 6.43 Å². The molecule has 0 aliphatic carbocycles. The molecule has 1 rings (SSSR count). The molecule has 0 aliphatic heterocycles. The van der Waals surface area contributed by atoms with Gasteiger partial charge in [0.2, 0.25) is 0 Å². The van der Waals surface area contributed by atoms with Crippen molar-refractivity contribution in [1.29, 1.82) is 0 Å². The van der Waals surface area contributed by atoms with E-state index in [9.17, 15) is 13.6 Å². The van der Waals surface area contributed by atoms with Crippen molar-refractivity contribution in [2.24, 2.45) is 0 Å². The average Bonchev–Trinajstić information content (AvgIpc) is 2.12. The Morgan fingerprint density at radius 1 is 1.38 bits per heavy atom. The molecule has 0 heterocycles. The SMILES string of the molecule is Cc1cc(OCC(F)F)cc(C)c1C(=O)O. The Morgan fingerprint density at radius 3 is 2.25 bits per heavy atom. The minimum absolute atomic E-state index is 0.185. The molecule has 0 radical (unpaired) electrons. The lowest BCUT2D eigenvalue weighted by Gasteiger charge is -2.10. The van der Waals surface area contributed by atoms with Crippen molar-refractivity contribution < 1.29 is 23.4 Å². The number of ether oxygens (including phenoxy) is 1. The maximum absolute atomic E-state index is 11.9. The van der Waals surface area contributed by atoms with Gasteiger partial charge in [0.1, 0.15) is 12.4 Å². The average molecular weight is 230 g/mol. The first kappa shape index (κ1) is 12.4. The molecule has 1 N–H and O–H groups in total. The van der Waals surface area contributed by atoms with Gasteiger partial charge < -0.3 is 9.84 Å². The molecular formula is C11H12F2O3. The first-order valence-electron chi connectivity index (χ1n) is 4.67.